The van der Waals surface area contributed by atoms with Gasteiger partial charge in [0.2, 0.25) is 5.91 Å². The third-order valence-electron chi connectivity index (χ3n) is 2.91. The van der Waals surface area contributed by atoms with Crippen molar-refractivity contribution < 1.29 is 9.53 Å². The summed E-state index contributed by atoms with van der Waals surface area (Å²) in [5, 5.41) is 3.83. The van der Waals surface area contributed by atoms with Crippen molar-refractivity contribution in [3.8, 4) is 0 Å². The number of halogens is 1. The zero-order chi connectivity index (χ0) is 13.9. The van der Waals surface area contributed by atoms with E-state index in [0.717, 1.165) is 30.3 Å². The van der Waals surface area contributed by atoms with Crippen LogP contribution in [-0.2, 0) is 9.53 Å². The van der Waals surface area contributed by atoms with Crippen molar-refractivity contribution >= 4 is 21.8 Å². The fourth-order valence-corrected chi connectivity index (χ4v) is 2.15. The highest BCUT2D eigenvalue weighted by atomic mass is 79.9. The fourth-order valence-electron chi connectivity index (χ4n) is 1.92. The van der Waals surface area contributed by atoms with E-state index >= 15 is 0 Å². The number of hydrogen-bond donors (Lipinski definition) is 1. The molecule has 0 saturated heterocycles. The highest BCUT2D eigenvalue weighted by molar-refractivity contribution is 9.09. The molecule has 1 aromatic rings. The van der Waals surface area contributed by atoms with Crippen molar-refractivity contribution in [2.75, 3.05) is 25.1 Å². The Morgan fingerprint density at radius 1 is 1.32 bits per heavy atom. The van der Waals surface area contributed by atoms with E-state index in [4.69, 9.17) is 4.74 Å². The Morgan fingerprint density at radius 2 is 2.05 bits per heavy atom. The molecule has 0 fully saturated rings. The van der Waals surface area contributed by atoms with Crippen LogP contribution in [0.2, 0.25) is 0 Å². The Bertz CT molecular complexity index is 356. The molecule has 1 rings (SSSR count). The summed E-state index contributed by atoms with van der Waals surface area (Å²) in [5.41, 5.74) is 1.08. The fraction of sp³-hybridized carbons (Fsp3) is 0.533. The summed E-state index contributed by atoms with van der Waals surface area (Å²) in [4.78, 5) is 12.1. The summed E-state index contributed by atoms with van der Waals surface area (Å²) in [6.07, 6.45) is 1.67. The van der Waals surface area contributed by atoms with Gasteiger partial charge in [0.15, 0.2) is 0 Å². The molecule has 0 heterocycles. The van der Waals surface area contributed by atoms with Crippen LogP contribution in [0.5, 0.6) is 0 Å². The summed E-state index contributed by atoms with van der Waals surface area (Å²) in [6, 6.07) is 9.92. The lowest BCUT2D eigenvalue weighted by Crippen LogP contribution is -2.30. The van der Waals surface area contributed by atoms with Crippen LogP contribution in [-0.4, -0.2) is 31.0 Å². The summed E-state index contributed by atoms with van der Waals surface area (Å²) in [5.74, 6) is 0.0545. The standard InChI is InChI=1S/C15H22BrNO2/c1-2-14(13-7-4-3-5-8-13)15(18)17-10-6-11-19-12-9-16/h3-5,7-8,14H,2,6,9-12H2,1H3,(H,17,18). The summed E-state index contributed by atoms with van der Waals surface area (Å²) < 4.78 is 5.34. The smallest absolute Gasteiger partial charge is 0.227 e. The third kappa shape index (κ3) is 6.21. The number of alkyl halides is 1. The first-order valence-corrected chi connectivity index (χ1v) is 7.88. The van der Waals surface area contributed by atoms with Crippen LogP contribution in [0.4, 0.5) is 0 Å². The van der Waals surface area contributed by atoms with Gasteiger partial charge in [0.05, 0.1) is 12.5 Å². The van der Waals surface area contributed by atoms with Crippen LogP contribution in [0.3, 0.4) is 0 Å². The Hall–Kier alpha value is -0.870. The molecular formula is C15H22BrNO2. The van der Waals surface area contributed by atoms with E-state index in [1.165, 1.54) is 0 Å². The number of ether oxygens (including phenoxy) is 1. The van der Waals surface area contributed by atoms with Crippen LogP contribution in [0.15, 0.2) is 30.3 Å². The molecule has 0 saturated carbocycles. The summed E-state index contributed by atoms with van der Waals surface area (Å²) in [7, 11) is 0. The minimum Gasteiger partial charge on any atom is -0.381 e. The summed E-state index contributed by atoms with van der Waals surface area (Å²) in [6.45, 7) is 4.12. The van der Waals surface area contributed by atoms with Crippen LogP contribution < -0.4 is 5.32 Å². The average Bonchev–Trinajstić information content (AvgIpc) is 2.45. The maximum absolute atomic E-state index is 12.1. The van der Waals surface area contributed by atoms with Crippen LogP contribution in [0.1, 0.15) is 31.2 Å². The zero-order valence-electron chi connectivity index (χ0n) is 11.4. The van der Waals surface area contributed by atoms with Crippen molar-refractivity contribution in [3.63, 3.8) is 0 Å². The minimum atomic E-state index is -0.0512. The summed E-state index contributed by atoms with van der Waals surface area (Å²) >= 11 is 3.30. The molecule has 0 aliphatic carbocycles. The Labute approximate surface area is 123 Å². The lowest BCUT2D eigenvalue weighted by Gasteiger charge is -2.15. The van der Waals surface area contributed by atoms with Gasteiger partial charge in [-0.05, 0) is 18.4 Å². The second-order valence-corrected chi connectivity index (χ2v) is 5.11. The molecule has 1 unspecified atom stereocenters. The average molecular weight is 328 g/mol. The van der Waals surface area contributed by atoms with Crippen molar-refractivity contribution in [2.45, 2.75) is 25.7 Å². The SMILES string of the molecule is CCC(C(=O)NCCCOCCBr)c1ccccc1. The largest absolute Gasteiger partial charge is 0.381 e. The second kappa shape index (κ2) is 9.98. The number of hydrogen-bond acceptors (Lipinski definition) is 2. The third-order valence-corrected chi connectivity index (χ3v) is 3.24. The topological polar surface area (TPSA) is 38.3 Å². The van der Waals surface area contributed by atoms with Gasteiger partial charge in [-0.2, -0.15) is 0 Å². The zero-order valence-corrected chi connectivity index (χ0v) is 13.0. The van der Waals surface area contributed by atoms with Crippen molar-refractivity contribution in [3.05, 3.63) is 35.9 Å². The number of benzene rings is 1. The van der Waals surface area contributed by atoms with E-state index in [-0.39, 0.29) is 11.8 Å². The number of rotatable bonds is 9. The number of nitrogens with one attached hydrogen (secondary N) is 1. The first-order chi connectivity index (χ1) is 9.29. The van der Waals surface area contributed by atoms with E-state index < -0.39 is 0 Å². The molecular weight excluding hydrogens is 306 g/mol. The molecule has 1 aromatic carbocycles. The van der Waals surface area contributed by atoms with E-state index in [9.17, 15) is 4.79 Å². The van der Waals surface area contributed by atoms with E-state index in [1.54, 1.807) is 0 Å². The predicted octanol–water partition coefficient (Wildman–Crippen LogP) is 3.10. The number of carbonyl (C=O) groups excluding carboxylic acids is 1. The number of amides is 1. The van der Waals surface area contributed by atoms with Gasteiger partial charge in [0, 0.05) is 18.5 Å². The lowest BCUT2D eigenvalue weighted by atomic mass is 9.96. The highest BCUT2D eigenvalue weighted by Crippen LogP contribution is 2.18. The van der Waals surface area contributed by atoms with Crippen molar-refractivity contribution in [1.29, 1.82) is 0 Å². The molecule has 106 valence electrons. The van der Waals surface area contributed by atoms with Crippen LogP contribution >= 0.6 is 15.9 Å². The van der Waals surface area contributed by atoms with Gasteiger partial charge in [-0.3, -0.25) is 4.79 Å². The van der Waals surface area contributed by atoms with E-state index in [0.29, 0.717) is 13.2 Å². The van der Waals surface area contributed by atoms with Crippen LogP contribution in [0, 0.1) is 0 Å². The maximum Gasteiger partial charge on any atom is 0.227 e. The molecule has 0 aromatic heterocycles. The Balaban J connectivity index is 2.31. The van der Waals surface area contributed by atoms with E-state index in [1.807, 2.05) is 37.3 Å². The quantitative estimate of drug-likeness (QED) is 0.559. The van der Waals surface area contributed by atoms with Crippen molar-refractivity contribution in [2.24, 2.45) is 0 Å². The molecule has 1 N–H and O–H groups in total. The maximum atomic E-state index is 12.1. The molecule has 1 atom stereocenters. The van der Waals surface area contributed by atoms with Crippen molar-refractivity contribution in [1.82, 2.24) is 5.32 Å². The highest BCUT2D eigenvalue weighted by Gasteiger charge is 2.17. The molecule has 0 aliphatic heterocycles. The first kappa shape index (κ1) is 16.2. The molecule has 4 heteroatoms. The first-order valence-electron chi connectivity index (χ1n) is 6.76. The minimum absolute atomic E-state index is 0.0512. The molecule has 0 bridgehead atoms. The van der Waals surface area contributed by atoms with Crippen LogP contribution in [0.25, 0.3) is 0 Å². The van der Waals surface area contributed by atoms with Gasteiger partial charge in [0.25, 0.3) is 0 Å². The Morgan fingerprint density at radius 3 is 2.68 bits per heavy atom. The Kier molecular flexibility index (Phi) is 8.50. The second-order valence-electron chi connectivity index (χ2n) is 4.32. The predicted molar refractivity (Wildman–Crippen MR) is 81.7 cm³/mol. The van der Waals surface area contributed by atoms with Gasteiger partial charge >= 0.3 is 0 Å². The van der Waals surface area contributed by atoms with Gasteiger partial charge in [-0.15, -0.1) is 0 Å². The molecule has 1 amide bonds. The van der Waals surface area contributed by atoms with Gasteiger partial charge < -0.3 is 10.1 Å². The molecule has 19 heavy (non-hydrogen) atoms. The van der Waals surface area contributed by atoms with E-state index in [2.05, 4.69) is 21.2 Å². The lowest BCUT2D eigenvalue weighted by molar-refractivity contribution is -0.122. The van der Waals surface area contributed by atoms with Gasteiger partial charge in [-0.1, -0.05) is 53.2 Å². The molecule has 0 spiro atoms. The molecule has 0 aliphatic rings. The monoisotopic (exact) mass is 327 g/mol. The molecule has 0 radical (unpaired) electrons. The van der Waals surface area contributed by atoms with Gasteiger partial charge in [-0.25, -0.2) is 0 Å². The van der Waals surface area contributed by atoms with Gasteiger partial charge in [0.1, 0.15) is 0 Å². The number of carbonyl (C=O) groups is 1. The molecule has 3 nitrogen and oxygen atoms in total. The normalized spacial score (nSPS) is 12.1.